The SMILES string of the molecule is CCN(CC)S(=O)(=O)c1cccc(C(=O)N[C@H](C(=O)OCC(=O)Nc2cccc(F)c2)C(C)C)c1. The third-order valence-electron chi connectivity index (χ3n) is 5.10. The number of carbonyl (C=O) groups is 3. The number of hydrogen-bond acceptors (Lipinski definition) is 6. The van der Waals surface area contributed by atoms with Crippen LogP contribution in [0.4, 0.5) is 10.1 Å². The number of sulfonamides is 1. The molecule has 0 heterocycles. The summed E-state index contributed by atoms with van der Waals surface area (Å²) >= 11 is 0. The molecule has 1 atom stereocenters. The lowest BCUT2D eigenvalue weighted by Gasteiger charge is -2.21. The fourth-order valence-corrected chi connectivity index (χ4v) is 4.73. The van der Waals surface area contributed by atoms with E-state index in [2.05, 4.69) is 10.6 Å². The van der Waals surface area contributed by atoms with Gasteiger partial charge in [-0.05, 0) is 42.3 Å². The third-order valence-corrected chi connectivity index (χ3v) is 7.15. The normalized spacial score (nSPS) is 12.3. The van der Waals surface area contributed by atoms with E-state index < -0.39 is 46.3 Å². The number of anilines is 1. The van der Waals surface area contributed by atoms with Gasteiger partial charge in [-0.2, -0.15) is 4.31 Å². The van der Waals surface area contributed by atoms with Gasteiger partial charge in [0.2, 0.25) is 10.0 Å². The zero-order chi connectivity index (χ0) is 26.2. The average molecular weight is 508 g/mol. The monoisotopic (exact) mass is 507 g/mol. The molecule has 0 aliphatic carbocycles. The van der Waals surface area contributed by atoms with Gasteiger partial charge in [-0.3, -0.25) is 9.59 Å². The molecule has 11 heteroatoms. The zero-order valence-electron chi connectivity index (χ0n) is 20.1. The molecule has 0 fully saturated rings. The van der Waals surface area contributed by atoms with Gasteiger partial charge in [0.05, 0.1) is 4.90 Å². The number of esters is 1. The standard InChI is InChI=1S/C24H30FN3O6S/c1-5-28(6-2)35(32,33)20-12-7-9-17(13-20)23(30)27-22(16(3)4)24(31)34-15-21(29)26-19-11-8-10-18(25)14-19/h7-14,16,22H,5-6,15H2,1-4H3,(H,26,29)(H,27,30)/t22-/m0/s1. The number of carbonyl (C=O) groups excluding carboxylic acids is 3. The van der Waals surface area contributed by atoms with Gasteiger partial charge in [-0.15, -0.1) is 0 Å². The molecule has 0 bridgehead atoms. The van der Waals surface area contributed by atoms with Gasteiger partial charge in [0, 0.05) is 24.3 Å². The van der Waals surface area contributed by atoms with Crippen molar-refractivity contribution < 1.29 is 31.9 Å². The molecule has 0 aliphatic rings. The summed E-state index contributed by atoms with van der Waals surface area (Å²) in [6.45, 7) is 6.73. The summed E-state index contributed by atoms with van der Waals surface area (Å²) < 4.78 is 45.1. The number of rotatable bonds is 11. The number of nitrogens with zero attached hydrogens (tertiary/aromatic N) is 1. The van der Waals surface area contributed by atoms with Crippen molar-refractivity contribution in [3.63, 3.8) is 0 Å². The van der Waals surface area contributed by atoms with Crippen molar-refractivity contribution in [3.8, 4) is 0 Å². The number of amides is 2. The van der Waals surface area contributed by atoms with E-state index >= 15 is 0 Å². The lowest BCUT2D eigenvalue weighted by atomic mass is 10.0. The van der Waals surface area contributed by atoms with Crippen LogP contribution in [0.15, 0.2) is 53.4 Å². The summed E-state index contributed by atoms with van der Waals surface area (Å²) in [5.41, 5.74) is 0.264. The number of nitrogens with one attached hydrogen (secondary N) is 2. The Labute approximate surface area is 204 Å². The van der Waals surface area contributed by atoms with Gasteiger partial charge in [0.15, 0.2) is 6.61 Å². The Bertz CT molecular complexity index is 1170. The van der Waals surface area contributed by atoms with Crippen LogP contribution in [-0.2, 0) is 24.3 Å². The van der Waals surface area contributed by atoms with Gasteiger partial charge >= 0.3 is 5.97 Å². The molecule has 2 aromatic carbocycles. The van der Waals surface area contributed by atoms with Crippen LogP contribution in [0.5, 0.6) is 0 Å². The van der Waals surface area contributed by atoms with Gasteiger partial charge < -0.3 is 15.4 Å². The van der Waals surface area contributed by atoms with E-state index in [0.717, 1.165) is 6.07 Å². The van der Waals surface area contributed by atoms with Crippen LogP contribution in [-0.4, -0.2) is 56.2 Å². The molecule has 190 valence electrons. The molecule has 2 N–H and O–H groups in total. The Morgan fingerprint density at radius 3 is 2.29 bits per heavy atom. The molecule has 0 radical (unpaired) electrons. The molecule has 9 nitrogen and oxygen atoms in total. The van der Waals surface area contributed by atoms with Gasteiger partial charge in [0.25, 0.3) is 11.8 Å². The quantitative estimate of drug-likeness (QED) is 0.451. The molecular formula is C24H30FN3O6S. The molecule has 2 rings (SSSR count). The van der Waals surface area contributed by atoms with Crippen LogP contribution in [0, 0.1) is 11.7 Å². The lowest BCUT2D eigenvalue weighted by Crippen LogP contribution is -2.46. The first-order valence-corrected chi connectivity index (χ1v) is 12.6. The summed E-state index contributed by atoms with van der Waals surface area (Å²) in [6, 6.07) is 9.68. The summed E-state index contributed by atoms with van der Waals surface area (Å²) in [5, 5.41) is 4.95. The van der Waals surface area contributed by atoms with Crippen molar-refractivity contribution in [2.75, 3.05) is 25.0 Å². The van der Waals surface area contributed by atoms with E-state index in [9.17, 15) is 27.2 Å². The highest BCUT2D eigenvalue weighted by Crippen LogP contribution is 2.17. The highest BCUT2D eigenvalue weighted by Gasteiger charge is 2.28. The molecule has 0 aromatic heterocycles. The molecule has 2 amide bonds. The van der Waals surface area contributed by atoms with Crippen LogP contribution < -0.4 is 10.6 Å². The second-order valence-electron chi connectivity index (χ2n) is 7.98. The summed E-state index contributed by atoms with van der Waals surface area (Å²) in [4.78, 5) is 37.4. The number of hydrogen-bond donors (Lipinski definition) is 2. The van der Waals surface area contributed by atoms with Crippen LogP contribution in [0.3, 0.4) is 0 Å². The van der Waals surface area contributed by atoms with Gasteiger partial charge in [0.1, 0.15) is 11.9 Å². The Hall–Kier alpha value is -3.31. The van der Waals surface area contributed by atoms with Crippen molar-refractivity contribution in [3.05, 3.63) is 59.9 Å². The molecule has 0 aliphatic heterocycles. The maximum Gasteiger partial charge on any atom is 0.329 e. The minimum Gasteiger partial charge on any atom is -0.454 e. The van der Waals surface area contributed by atoms with Crippen LogP contribution in [0.2, 0.25) is 0 Å². The molecule has 35 heavy (non-hydrogen) atoms. The smallest absolute Gasteiger partial charge is 0.329 e. The maximum atomic E-state index is 13.2. The molecular weight excluding hydrogens is 477 g/mol. The number of benzene rings is 2. The fourth-order valence-electron chi connectivity index (χ4n) is 3.22. The highest BCUT2D eigenvalue weighted by atomic mass is 32.2. The fraction of sp³-hybridized carbons (Fsp3) is 0.375. The van der Waals surface area contributed by atoms with Crippen LogP contribution >= 0.6 is 0 Å². The van der Waals surface area contributed by atoms with E-state index in [4.69, 9.17) is 4.74 Å². The van der Waals surface area contributed by atoms with E-state index in [-0.39, 0.29) is 35.2 Å². The predicted molar refractivity (Wildman–Crippen MR) is 129 cm³/mol. The Morgan fingerprint density at radius 2 is 1.69 bits per heavy atom. The van der Waals surface area contributed by atoms with Gasteiger partial charge in [-0.1, -0.05) is 39.8 Å². The van der Waals surface area contributed by atoms with Crippen LogP contribution in [0.25, 0.3) is 0 Å². The average Bonchev–Trinajstić information content (AvgIpc) is 2.81. The first-order chi connectivity index (χ1) is 16.5. The maximum absolute atomic E-state index is 13.2. The minimum atomic E-state index is -3.77. The van der Waals surface area contributed by atoms with Crippen molar-refractivity contribution in [2.24, 2.45) is 5.92 Å². The van der Waals surface area contributed by atoms with Gasteiger partial charge in [-0.25, -0.2) is 17.6 Å². The van der Waals surface area contributed by atoms with E-state index in [1.165, 1.54) is 46.8 Å². The largest absolute Gasteiger partial charge is 0.454 e. The third kappa shape index (κ3) is 7.59. The predicted octanol–water partition coefficient (Wildman–Crippen LogP) is 2.79. The van der Waals surface area contributed by atoms with E-state index in [1.54, 1.807) is 27.7 Å². The first kappa shape index (κ1) is 27.9. The van der Waals surface area contributed by atoms with E-state index in [1.807, 2.05) is 0 Å². The molecule has 0 saturated carbocycles. The second-order valence-corrected chi connectivity index (χ2v) is 9.92. The van der Waals surface area contributed by atoms with Crippen molar-refractivity contribution >= 4 is 33.5 Å². The molecule has 2 aromatic rings. The van der Waals surface area contributed by atoms with E-state index in [0.29, 0.717) is 0 Å². The molecule has 0 saturated heterocycles. The zero-order valence-corrected chi connectivity index (χ0v) is 20.9. The number of ether oxygens (including phenoxy) is 1. The Balaban J connectivity index is 2.07. The van der Waals surface area contributed by atoms with Crippen LogP contribution in [0.1, 0.15) is 38.1 Å². The summed E-state index contributed by atoms with van der Waals surface area (Å²) in [5.74, 6) is -3.10. The summed E-state index contributed by atoms with van der Waals surface area (Å²) in [6.07, 6.45) is 0. The minimum absolute atomic E-state index is 0.0356. The van der Waals surface area contributed by atoms with Crippen molar-refractivity contribution in [2.45, 2.75) is 38.6 Å². The second kappa shape index (κ2) is 12.4. The Morgan fingerprint density at radius 1 is 1.03 bits per heavy atom. The topological polar surface area (TPSA) is 122 Å². The highest BCUT2D eigenvalue weighted by molar-refractivity contribution is 7.89. The lowest BCUT2D eigenvalue weighted by molar-refractivity contribution is -0.150. The summed E-state index contributed by atoms with van der Waals surface area (Å²) in [7, 11) is -3.77. The number of halogens is 1. The van der Waals surface area contributed by atoms with Crippen molar-refractivity contribution in [1.29, 1.82) is 0 Å². The molecule has 0 spiro atoms. The first-order valence-electron chi connectivity index (χ1n) is 11.1. The Kier molecular flexibility index (Phi) is 9.90. The van der Waals surface area contributed by atoms with Crippen molar-refractivity contribution in [1.82, 2.24) is 9.62 Å². The molecule has 0 unspecified atom stereocenters.